The molecule has 0 bridgehead atoms. The summed E-state index contributed by atoms with van der Waals surface area (Å²) in [7, 11) is 0. The fourth-order valence-corrected chi connectivity index (χ4v) is 1.65. The van der Waals surface area contributed by atoms with Gasteiger partial charge in [-0.15, -0.1) is 0 Å². The zero-order chi connectivity index (χ0) is 13.5. The maximum Gasteiger partial charge on any atom is 0.186 e. The summed E-state index contributed by atoms with van der Waals surface area (Å²) in [6.07, 6.45) is 3.43. The summed E-state index contributed by atoms with van der Waals surface area (Å²) in [5.74, 6) is 0. The average molecular weight is 258 g/mol. The normalized spacial score (nSPS) is 37.7. The largest absolute Gasteiger partial charge is 0.388 e. The quantitative estimate of drug-likeness (QED) is 0.620. The lowest BCUT2D eigenvalue weighted by molar-refractivity contribution is -0.290. The Balaban J connectivity index is 2.37. The van der Waals surface area contributed by atoms with Crippen molar-refractivity contribution in [2.75, 3.05) is 6.61 Å². The van der Waals surface area contributed by atoms with Crippen LogP contribution in [0.25, 0.3) is 0 Å². The lowest BCUT2D eigenvalue weighted by atomic mass is 10.0. The van der Waals surface area contributed by atoms with Crippen LogP contribution in [-0.4, -0.2) is 52.6 Å². The minimum absolute atomic E-state index is 0.269. The van der Waals surface area contributed by atoms with Crippen LogP contribution in [0.15, 0.2) is 24.3 Å². The van der Waals surface area contributed by atoms with E-state index in [-0.39, 0.29) is 6.61 Å². The first-order chi connectivity index (χ1) is 8.57. The Morgan fingerprint density at radius 2 is 1.72 bits per heavy atom. The topological polar surface area (TPSA) is 79.2 Å². The van der Waals surface area contributed by atoms with Crippen molar-refractivity contribution in [1.82, 2.24) is 0 Å². The molecule has 0 spiro atoms. The predicted octanol–water partition coefficient (Wildman–Crippen LogP) is 0.353. The SMILES string of the molecule is CC/C=C/C=C/CO[C@H]1O[C@@H](C)[C@H](O)[C@@H](O)[C@H]1O. The van der Waals surface area contributed by atoms with Crippen LogP contribution >= 0.6 is 0 Å². The molecule has 0 unspecified atom stereocenters. The third-order valence-corrected chi connectivity index (χ3v) is 2.78. The molecule has 0 radical (unpaired) electrons. The minimum atomic E-state index is -1.25. The third-order valence-electron chi connectivity index (χ3n) is 2.78. The Morgan fingerprint density at radius 3 is 2.39 bits per heavy atom. The maximum atomic E-state index is 9.67. The number of hydrogen-bond donors (Lipinski definition) is 3. The summed E-state index contributed by atoms with van der Waals surface area (Å²) in [4.78, 5) is 0. The number of ether oxygens (including phenoxy) is 2. The molecule has 0 saturated carbocycles. The highest BCUT2D eigenvalue weighted by molar-refractivity contribution is 5.02. The summed E-state index contributed by atoms with van der Waals surface area (Å²) >= 11 is 0. The fraction of sp³-hybridized carbons (Fsp3) is 0.692. The van der Waals surface area contributed by atoms with E-state index in [0.29, 0.717) is 0 Å². The smallest absolute Gasteiger partial charge is 0.186 e. The van der Waals surface area contributed by atoms with Crippen molar-refractivity contribution >= 4 is 0 Å². The average Bonchev–Trinajstić information content (AvgIpc) is 2.37. The van der Waals surface area contributed by atoms with Crippen molar-refractivity contribution < 1.29 is 24.8 Å². The second kappa shape index (κ2) is 7.66. The first-order valence-corrected chi connectivity index (χ1v) is 6.20. The van der Waals surface area contributed by atoms with Crippen molar-refractivity contribution in [3.63, 3.8) is 0 Å². The van der Waals surface area contributed by atoms with Crippen LogP contribution in [0.4, 0.5) is 0 Å². The number of aliphatic hydroxyl groups excluding tert-OH is 3. The van der Waals surface area contributed by atoms with Crippen LogP contribution < -0.4 is 0 Å². The van der Waals surface area contributed by atoms with Gasteiger partial charge in [0.25, 0.3) is 0 Å². The van der Waals surface area contributed by atoms with Crippen LogP contribution in [0.3, 0.4) is 0 Å². The van der Waals surface area contributed by atoms with E-state index < -0.39 is 30.7 Å². The highest BCUT2D eigenvalue weighted by Gasteiger charge is 2.42. The molecule has 5 atom stereocenters. The molecular formula is C13H22O5. The van der Waals surface area contributed by atoms with Crippen LogP contribution in [0, 0.1) is 0 Å². The van der Waals surface area contributed by atoms with E-state index >= 15 is 0 Å². The van der Waals surface area contributed by atoms with E-state index in [9.17, 15) is 15.3 Å². The van der Waals surface area contributed by atoms with E-state index in [1.807, 2.05) is 25.2 Å². The molecule has 1 heterocycles. The summed E-state index contributed by atoms with van der Waals surface area (Å²) in [6, 6.07) is 0. The molecule has 18 heavy (non-hydrogen) atoms. The van der Waals surface area contributed by atoms with E-state index in [1.54, 1.807) is 13.0 Å². The van der Waals surface area contributed by atoms with Gasteiger partial charge in [0.2, 0.25) is 0 Å². The molecule has 1 saturated heterocycles. The molecule has 0 aromatic rings. The zero-order valence-corrected chi connectivity index (χ0v) is 10.8. The van der Waals surface area contributed by atoms with Gasteiger partial charge in [0.05, 0.1) is 12.7 Å². The van der Waals surface area contributed by atoms with Gasteiger partial charge in [-0.3, -0.25) is 0 Å². The highest BCUT2D eigenvalue weighted by Crippen LogP contribution is 2.21. The molecule has 0 aromatic heterocycles. The van der Waals surface area contributed by atoms with E-state index in [2.05, 4.69) is 0 Å². The Kier molecular flexibility index (Phi) is 6.52. The monoisotopic (exact) mass is 258 g/mol. The molecule has 1 aliphatic rings. The Labute approximate surface area is 107 Å². The fourth-order valence-electron chi connectivity index (χ4n) is 1.65. The zero-order valence-electron chi connectivity index (χ0n) is 10.8. The Bertz CT molecular complexity index is 289. The predicted molar refractivity (Wildman–Crippen MR) is 66.9 cm³/mol. The standard InChI is InChI=1S/C13H22O5/c1-3-4-5-6-7-8-17-13-12(16)11(15)10(14)9(2)18-13/h4-7,9-16H,3,8H2,1-2H3/b5-4+,7-6+/t9-,10-,11+,12+,13-/m0/s1. The van der Waals surface area contributed by atoms with Crippen molar-refractivity contribution in [1.29, 1.82) is 0 Å². The molecule has 0 aromatic carbocycles. The molecule has 3 N–H and O–H groups in total. The summed E-state index contributed by atoms with van der Waals surface area (Å²) < 4.78 is 10.6. The second-order valence-electron chi connectivity index (χ2n) is 4.28. The van der Waals surface area contributed by atoms with E-state index in [4.69, 9.17) is 9.47 Å². The van der Waals surface area contributed by atoms with Gasteiger partial charge in [0.1, 0.15) is 18.3 Å². The summed E-state index contributed by atoms with van der Waals surface area (Å²) in [5.41, 5.74) is 0. The molecule has 5 heteroatoms. The van der Waals surface area contributed by atoms with Gasteiger partial charge >= 0.3 is 0 Å². The van der Waals surface area contributed by atoms with Crippen molar-refractivity contribution in [3.8, 4) is 0 Å². The van der Waals surface area contributed by atoms with Gasteiger partial charge in [-0.2, -0.15) is 0 Å². The van der Waals surface area contributed by atoms with Gasteiger partial charge in [-0.25, -0.2) is 0 Å². The van der Waals surface area contributed by atoms with Crippen LogP contribution in [0.1, 0.15) is 20.3 Å². The number of hydrogen-bond acceptors (Lipinski definition) is 5. The van der Waals surface area contributed by atoms with Crippen molar-refractivity contribution in [2.24, 2.45) is 0 Å². The van der Waals surface area contributed by atoms with E-state index in [1.165, 1.54) is 0 Å². The first kappa shape index (κ1) is 15.3. The maximum absolute atomic E-state index is 9.67. The molecule has 1 fully saturated rings. The Morgan fingerprint density at radius 1 is 1.06 bits per heavy atom. The first-order valence-electron chi connectivity index (χ1n) is 6.20. The third kappa shape index (κ3) is 4.19. The number of aliphatic hydroxyl groups is 3. The number of allylic oxidation sites excluding steroid dienone is 3. The molecular weight excluding hydrogens is 236 g/mol. The molecule has 104 valence electrons. The molecule has 5 nitrogen and oxygen atoms in total. The van der Waals surface area contributed by atoms with Crippen molar-refractivity contribution in [3.05, 3.63) is 24.3 Å². The highest BCUT2D eigenvalue weighted by atomic mass is 16.7. The second-order valence-corrected chi connectivity index (χ2v) is 4.28. The molecule has 1 aliphatic heterocycles. The molecule has 0 aliphatic carbocycles. The van der Waals surface area contributed by atoms with E-state index in [0.717, 1.165) is 6.42 Å². The lowest BCUT2D eigenvalue weighted by Gasteiger charge is -2.38. The van der Waals surface area contributed by atoms with Crippen LogP contribution in [0.5, 0.6) is 0 Å². The Hall–Kier alpha value is -0.720. The van der Waals surface area contributed by atoms with Gasteiger partial charge in [-0.1, -0.05) is 31.2 Å². The molecule has 0 amide bonds. The summed E-state index contributed by atoms with van der Waals surface area (Å²) in [6.45, 7) is 3.93. The lowest BCUT2D eigenvalue weighted by Crippen LogP contribution is -2.57. The van der Waals surface area contributed by atoms with Crippen molar-refractivity contribution in [2.45, 2.75) is 51.0 Å². The number of rotatable bonds is 5. The molecule has 1 rings (SSSR count). The minimum Gasteiger partial charge on any atom is -0.388 e. The van der Waals surface area contributed by atoms with Gasteiger partial charge < -0.3 is 24.8 Å². The van der Waals surface area contributed by atoms with Crippen LogP contribution in [0.2, 0.25) is 0 Å². The van der Waals surface area contributed by atoms with Gasteiger partial charge in [0.15, 0.2) is 6.29 Å². The summed E-state index contributed by atoms with van der Waals surface area (Å²) in [5, 5.41) is 28.7. The van der Waals surface area contributed by atoms with Gasteiger partial charge in [0, 0.05) is 0 Å². The van der Waals surface area contributed by atoms with Gasteiger partial charge in [-0.05, 0) is 13.3 Å². The van der Waals surface area contributed by atoms with Crippen LogP contribution in [-0.2, 0) is 9.47 Å².